The molecule has 2 amide bonds. The number of imide groups is 1. The molecule has 0 spiro atoms. The van der Waals surface area contributed by atoms with E-state index in [1.807, 2.05) is 12.1 Å². The van der Waals surface area contributed by atoms with Gasteiger partial charge < -0.3 is 15.2 Å². The van der Waals surface area contributed by atoms with Crippen LogP contribution in [0.4, 0.5) is 0 Å². The van der Waals surface area contributed by atoms with Crippen molar-refractivity contribution in [3.05, 3.63) is 44.4 Å². The number of nitrogens with one attached hydrogen (secondary N) is 1. The average Bonchev–Trinajstić information content (AvgIpc) is 3.47. The predicted molar refractivity (Wildman–Crippen MR) is 116 cm³/mol. The molecular weight excluding hydrogens is 452 g/mol. The molecule has 10 heteroatoms. The van der Waals surface area contributed by atoms with E-state index in [1.54, 1.807) is 23.9 Å². The summed E-state index contributed by atoms with van der Waals surface area (Å²) in [6.45, 7) is 1.38. The molecule has 0 radical (unpaired) electrons. The van der Waals surface area contributed by atoms with E-state index in [9.17, 15) is 29.4 Å². The molecule has 3 N–H and O–H groups in total. The zero-order chi connectivity index (χ0) is 22.5. The van der Waals surface area contributed by atoms with E-state index in [-0.39, 0.29) is 51.4 Å². The van der Waals surface area contributed by atoms with Crippen molar-refractivity contribution in [1.82, 2.24) is 9.88 Å². The third-order valence-electron chi connectivity index (χ3n) is 7.75. The Morgan fingerprint density at radius 2 is 1.78 bits per heavy atom. The van der Waals surface area contributed by atoms with Crippen LogP contribution < -0.4 is 4.87 Å². The molecule has 8 nitrogen and oxygen atoms in total. The minimum Gasteiger partial charge on any atom is -0.508 e. The molecule has 0 unspecified atom stereocenters. The van der Waals surface area contributed by atoms with E-state index in [2.05, 4.69) is 4.98 Å². The van der Waals surface area contributed by atoms with Gasteiger partial charge in [0.05, 0.1) is 16.9 Å². The van der Waals surface area contributed by atoms with Gasteiger partial charge >= 0.3 is 10.8 Å². The van der Waals surface area contributed by atoms with E-state index in [1.165, 1.54) is 18.3 Å². The van der Waals surface area contributed by atoms with Gasteiger partial charge in [0.2, 0.25) is 11.8 Å². The molecule has 6 rings (SSSR count). The van der Waals surface area contributed by atoms with Gasteiger partial charge in [-0.05, 0) is 48.8 Å². The monoisotopic (exact) mass is 472 g/mol. The Labute approximate surface area is 190 Å². The zero-order valence-electron chi connectivity index (χ0n) is 16.9. The van der Waals surface area contributed by atoms with E-state index in [4.69, 9.17) is 0 Å². The van der Waals surface area contributed by atoms with Crippen molar-refractivity contribution in [2.75, 3.05) is 0 Å². The van der Waals surface area contributed by atoms with Crippen molar-refractivity contribution in [3.63, 3.8) is 0 Å². The highest BCUT2D eigenvalue weighted by atomic mass is 32.2. The lowest BCUT2D eigenvalue weighted by molar-refractivity contribution is -0.154. The standard InChI is InChI=1S/C22H20N2O6S2/c1-7(21(28)29)24-19(26)14-10-6-11(15(14)20(24)27)16-13(10)12(8-2-4-9(25)5-3-8)17-18(31-16)23-22(30)32-17/h2-5,7,10-16,25H,6H2,1H3,(H,23,30)(H,28,29)/t7-,10+,11-,12+,13-,14-,15+,16+/m0/s1. The molecular formula is C22H20N2O6S2. The van der Waals surface area contributed by atoms with Crippen LogP contribution in [0.3, 0.4) is 0 Å². The van der Waals surface area contributed by atoms with Crippen molar-refractivity contribution in [3.8, 4) is 5.75 Å². The fraction of sp³-hybridized carbons (Fsp3) is 0.455. The molecule has 2 aliphatic heterocycles. The van der Waals surface area contributed by atoms with Crippen LogP contribution in [0.5, 0.6) is 5.75 Å². The van der Waals surface area contributed by atoms with Gasteiger partial charge in [0.15, 0.2) is 0 Å². The Kier molecular flexibility index (Phi) is 4.20. The minimum absolute atomic E-state index is 0.0430. The van der Waals surface area contributed by atoms with Crippen LogP contribution in [0, 0.1) is 29.6 Å². The van der Waals surface area contributed by atoms with Gasteiger partial charge in [0, 0.05) is 16.0 Å². The lowest BCUT2D eigenvalue weighted by Crippen LogP contribution is -2.44. The van der Waals surface area contributed by atoms with Gasteiger partial charge in [-0.15, -0.1) is 11.8 Å². The highest BCUT2D eigenvalue weighted by Gasteiger charge is 2.70. The second-order valence-electron chi connectivity index (χ2n) is 9.11. The third kappa shape index (κ3) is 2.50. The number of aromatic nitrogens is 1. The number of nitrogens with zero attached hydrogens (tertiary/aromatic N) is 1. The summed E-state index contributed by atoms with van der Waals surface area (Å²) in [5.74, 6) is -2.95. The fourth-order valence-electron chi connectivity index (χ4n) is 6.59. The molecule has 1 saturated heterocycles. The molecule has 166 valence electrons. The number of amides is 2. The van der Waals surface area contributed by atoms with E-state index in [0.717, 1.165) is 26.8 Å². The number of thiazole rings is 1. The molecule has 8 atom stereocenters. The zero-order valence-corrected chi connectivity index (χ0v) is 18.6. The Hall–Kier alpha value is -2.59. The number of fused-ring (bicyclic) bond motifs is 9. The summed E-state index contributed by atoms with van der Waals surface area (Å²) in [6, 6.07) is 5.77. The first kappa shape index (κ1) is 20.0. The van der Waals surface area contributed by atoms with E-state index >= 15 is 0 Å². The number of thioether (sulfide) groups is 1. The van der Waals surface area contributed by atoms with Crippen LogP contribution >= 0.6 is 23.1 Å². The Morgan fingerprint density at radius 1 is 1.12 bits per heavy atom. The Bertz CT molecular complexity index is 1220. The van der Waals surface area contributed by atoms with Crippen LogP contribution in [0.1, 0.15) is 29.7 Å². The van der Waals surface area contributed by atoms with E-state index in [0.29, 0.717) is 0 Å². The summed E-state index contributed by atoms with van der Waals surface area (Å²) in [4.78, 5) is 54.9. The number of hydrogen-bond acceptors (Lipinski definition) is 7. The minimum atomic E-state index is -1.19. The number of carboxylic acids is 1. The SMILES string of the molecule is C[C@@H](C(=O)O)N1C(=O)[C@@H]2[C@@H]3C[C@@H]([C@@H]2C1=O)[C@H]1[C@@H](c2ccc(O)cc2)c2sc(=O)[nH]c2S[C@H]31. The number of carbonyl (C=O) groups excluding carboxylic acids is 2. The molecule has 1 aromatic heterocycles. The maximum atomic E-state index is 13.3. The first-order valence-corrected chi connectivity index (χ1v) is 12.3. The molecule has 3 heterocycles. The lowest BCUT2D eigenvalue weighted by Gasteiger charge is -2.43. The number of phenols is 1. The second kappa shape index (κ2) is 6.71. The van der Waals surface area contributed by atoms with Crippen molar-refractivity contribution in [2.45, 2.75) is 35.6 Å². The number of rotatable bonds is 3. The van der Waals surface area contributed by atoms with Crippen molar-refractivity contribution >= 4 is 40.9 Å². The lowest BCUT2D eigenvalue weighted by atomic mass is 9.68. The third-order valence-corrected chi connectivity index (χ3v) is 10.3. The van der Waals surface area contributed by atoms with Crippen LogP contribution in [-0.4, -0.2) is 49.2 Å². The first-order chi connectivity index (χ1) is 15.3. The van der Waals surface area contributed by atoms with Gasteiger partial charge in [-0.2, -0.15) is 0 Å². The predicted octanol–water partition coefficient (Wildman–Crippen LogP) is 2.09. The number of carboxylic acid groups (broad SMARTS) is 1. The summed E-state index contributed by atoms with van der Waals surface area (Å²) < 4.78 is 0. The number of phenolic OH excluding ortho intramolecular Hbond substituents is 1. The van der Waals surface area contributed by atoms with Gasteiger partial charge in [0.25, 0.3) is 0 Å². The number of hydrogen-bond donors (Lipinski definition) is 3. The van der Waals surface area contributed by atoms with Crippen LogP contribution in [-0.2, 0) is 14.4 Å². The van der Waals surface area contributed by atoms with Crippen molar-refractivity contribution in [2.24, 2.45) is 29.6 Å². The van der Waals surface area contributed by atoms with E-state index < -0.39 is 23.8 Å². The van der Waals surface area contributed by atoms with Crippen LogP contribution in [0.15, 0.2) is 34.1 Å². The number of H-pyrrole nitrogens is 1. The topological polar surface area (TPSA) is 128 Å². The number of likely N-dealkylation sites (tertiary alicyclic amines) is 1. The first-order valence-electron chi connectivity index (χ1n) is 10.6. The number of aromatic hydroxyl groups is 1. The highest BCUT2D eigenvalue weighted by Crippen LogP contribution is 2.68. The molecule has 4 aliphatic rings. The maximum absolute atomic E-state index is 13.3. The summed E-state index contributed by atoms with van der Waals surface area (Å²) in [5, 5.41) is 20.1. The number of benzene rings is 1. The van der Waals surface area contributed by atoms with Gasteiger partial charge in [-0.25, -0.2) is 4.79 Å². The summed E-state index contributed by atoms with van der Waals surface area (Å²) in [5.41, 5.74) is 0.964. The molecule has 2 bridgehead atoms. The van der Waals surface area contributed by atoms with Gasteiger partial charge in [-0.1, -0.05) is 23.5 Å². The Balaban J connectivity index is 1.45. The highest BCUT2D eigenvalue weighted by molar-refractivity contribution is 8.00. The average molecular weight is 473 g/mol. The normalized spacial score (nSPS) is 35.5. The van der Waals surface area contributed by atoms with Gasteiger partial charge in [0.1, 0.15) is 11.8 Å². The Morgan fingerprint density at radius 3 is 2.44 bits per heavy atom. The quantitative estimate of drug-likeness (QED) is 0.584. The number of aliphatic carboxylic acids is 1. The van der Waals surface area contributed by atoms with Crippen LogP contribution in [0.25, 0.3) is 0 Å². The molecule has 32 heavy (non-hydrogen) atoms. The largest absolute Gasteiger partial charge is 0.508 e. The molecule has 3 fully saturated rings. The molecule has 2 aliphatic carbocycles. The second-order valence-corrected chi connectivity index (χ2v) is 11.3. The smallest absolute Gasteiger partial charge is 0.326 e. The summed E-state index contributed by atoms with van der Waals surface area (Å²) >= 11 is 2.76. The van der Waals surface area contributed by atoms with Crippen molar-refractivity contribution < 1.29 is 24.6 Å². The van der Waals surface area contributed by atoms with Gasteiger partial charge in [-0.3, -0.25) is 19.3 Å². The summed E-state index contributed by atoms with van der Waals surface area (Å²) in [6.07, 6.45) is 0.748. The molecule has 1 aromatic carbocycles. The maximum Gasteiger partial charge on any atom is 0.326 e. The summed E-state index contributed by atoms with van der Waals surface area (Å²) in [7, 11) is 0. The molecule has 2 saturated carbocycles. The number of aromatic amines is 1. The number of carbonyl (C=O) groups is 3. The fourth-order valence-corrected chi connectivity index (χ4v) is 9.48. The molecule has 2 aromatic rings. The van der Waals surface area contributed by atoms with Crippen molar-refractivity contribution in [1.29, 1.82) is 0 Å². The van der Waals surface area contributed by atoms with Crippen LogP contribution in [0.2, 0.25) is 0 Å².